The van der Waals surface area contributed by atoms with Crippen LogP contribution in [0.1, 0.15) is 36.6 Å². The minimum atomic E-state index is -0.345. The second-order valence-corrected chi connectivity index (χ2v) is 5.24. The maximum atomic E-state index is 6.23. The number of nitrogens with two attached hydrogens (primary N) is 1. The highest BCUT2D eigenvalue weighted by Crippen LogP contribution is 2.34. The molecular formula is C14H24N2O. The second kappa shape index (κ2) is 5.07. The summed E-state index contributed by atoms with van der Waals surface area (Å²) < 4.78 is 5.49. The molecule has 0 saturated heterocycles. The molecule has 0 amide bonds. The molecule has 0 spiro atoms. The number of methoxy groups -OCH3 is 1. The van der Waals surface area contributed by atoms with Crippen LogP contribution < -0.4 is 15.8 Å². The van der Waals surface area contributed by atoms with E-state index >= 15 is 0 Å². The summed E-state index contributed by atoms with van der Waals surface area (Å²) in [7, 11) is 3.63. The first-order valence-electron chi connectivity index (χ1n) is 5.92. The molecule has 17 heavy (non-hydrogen) atoms. The Morgan fingerprint density at radius 2 is 1.88 bits per heavy atom. The molecule has 0 aromatic heterocycles. The standard InChI is InChI=1S/C14H24N2O/c1-9-7-10(2)12(11(8-9)17-6)13(16-5)14(3,4)15/h7-8,13,16H,15H2,1-6H3. The van der Waals surface area contributed by atoms with Gasteiger partial charge in [-0.1, -0.05) is 6.07 Å². The van der Waals surface area contributed by atoms with Crippen LogP contribution in [0.25, 0.3) is 0 Å². The van der Waals surface area contributed by atoms with Crippen molar-refractivity contribution in [2.24, 2.45) is 5.73 Å². The summed E-state index contributed by atoms with van der Waals surface area (Å²) in [5, 5.41) is 3.29. The number of hydrogen-bond donors (Lipinski definition) is 2. The number of hydrogen-bond acceptors (Lipinski definition) is 3. The highest BCUT2D eigenvalue weighted by Gasteiger charge is 2.29. The van der Waals surface area contributed by atoms with Gasteiger partial charge in [0.15, 0.2) is 0 Å². The molecular weight excluding hydrogens is 212 g/mol. The molecule has 3 nitrogen and oxygen atoms in total. The van der Waals surface area contributed by atoms with E-state index in [9.17, 15) is 0 Å². The maximum Gasteiger partial charge on any atom is 0.124 e. The lowest BCUT2D eigenvalue weighted by molar-refractivity contribution is 0.345. The number of aryl methyl sites for hydroxylation is 2. The molecule has 0 fully saturated rings. The zero-order valence-corrected chi connectivity index (χ0v) is 11.7. The van der Waals surface area contributed by atoms with Crippen LogP contribution >= 0.6 is 0 Å². The van der Waals surface area contributed by atoms with Crippen molar-refractivity contribution in [1.82, 2.24) is 5.32 Å². The Kier molecular flexibility index (Phi) is 4.17. The van der Waals surface area contributed by atoms with Gasteiger partial charge in [0.1, 0.15) is 5.75 Å². The molecule has 0 aliphatic rings. The fourth-order valence-electron chi connectivity index (χ4n) is 2.37. The zero-order chi connectivity index (χ0) is 13.2. The third-order valence-corrected chi connectivity index (χ3v) is 3.03. The van der Waals surface area contributed by atoms with E-state index in [4.69, 9.17) is 10.5 Å². The van der Waals surface area contributed by atoms with Crippen molar-refractivity contribution in [2.75, 3.05) is 14.2 Å². The first kappa shape index (κ1) is 14.0. The molecule has 0 bridgehead atoms. The van der Waals surface area contributed by atoms with Crippen LogP contribution in [0, 0.1) is 13.8 Å². The highest BCUT2D eigenvalue weighted by atomic mass is 16.5. The van der Waals surface area contributed by atoms with E-state index in [0.717, 1.165) is 11.3 Å². The largest absolute Gasteiger partial charge is 0.496 e. The average molecular weight is 236 g/mol. The van der Waals surface area contributed by atoms with Crippen molar-refractivity contribution >= 4 is 0 Å². The summed E-state index contributed by atoms with van der Waals surface area (Å²) in [6, 6.07) is 4.28. The fourth-order valence-corrected chi connectivity index (χ4v) is 2.37. The summed E-state index contributed by atoms with van der Waals surface area (Å²) >= 11 is 0. The van der Waals surface area contributed by atoms with Crippen molar-refractivity contribution in [2.45, 2.75) is 39.3 Å². The van der Waals surface area contributed by atoms with E-state index in [2.05, 4.69) is 31.3 Å². The summed E-state index contributed by atoms with van der Waals surface area (Å²) in [6.07, 6.45) is 0. The Labute approximate surface area is 104 Å². The highest BCUT2D eigenvalue weighted by molar-refractivity contribution is 5.46. The molecule has 1 atom stereocenters. The first-order valence-corrected chi connectivity index (χ1v) is 5.92. The molecule has 0 aliphatic carbocycles. The predicted octanol–water partition coefficient (Wildman–Crippen LogP) is 2.31. The van der Waals surface area contributed by atoms with Crippen molar-refractivity contribution < 1.29 is 4.74 Å². The van der Waals surface area contributed by atoms with Crippen molar-refractivity contribution in [3.63, 3.8) is 0 Å². The third-order valence-electron chi connectivity index (χ3n) is 3.03. The maximum absolute atomic E-state index is 6.23. The molecule has 96 valence electrons. The molecule has 0 saturated carbocycles. The Morgan fingerprint density at radius 3 is 2.29 bits per heavy atom. The van der Waals surface area contributed by atoms with Gasteiger partial charge < -0.3 is 15.8 Å². The van der Waals surface area contributed by atoms with E-state index in [-0.39, 0.29) is 11.6 Å². The van der Waals surface area contributed by atoms with Gasteiger partial charge in [-0.2, -0.15) is 0 Å². The number of likely N-dealkylation sites (N-methyl/N-ethyl adjacent to an activating group) is 1. The molecule has 0 heterocycles. The smallest absolute Gasteiger partial charge is 0.124 e. The zero-order valence-electron chi connectivity index (χ0n) is 11.7. The summed E-state index contributed by atoms with van der Waals surface area (Å²) in [4.78, 5) is 0. The van der Waals surface area contributed by atoms with E-state index < -0.39 is 0 Å². The van der Waals surface area contributed by atoms with E-state index in [0.29, 0.717) is 0 Å². The minimum Gasteiger partial charge on any atom is -0.496 e. The normalized spacial score (nSPS) is 13.6. The Hall–Kier alpha value is -1.06. The Bertz CT molecular complexity index is 394. The number of benzene rings is 1. The van der Waals surface area contributed by atoms with Crippen LogP contribution in [0.3, 0.4) is 0 Å². The molecule has 0 aliphatic heterocycles. The lowest BCUT2D eigenvalue weighted by Crippen LogP contribution is -2.45. The van der Waals surface area contributed by atoms with Crippen LogP contribution in [0.2, 0.25) is 0 Å². The molecule has 1 unspecified atom stereocenters. The molecule has 3 N–H and O–H groups in total. The van der Waals surface area contributed by atoms with E-state index in [1.54, 1.807) is 7.11 Å². The molecule has 1 aromatic rings. The summed E-state index contributed by atoms with van der Waals surface area (Å²) in [5.74, 6) is 0.903. The van der Waals surface area contributed by atoms with Gasteiger partial charge in [0.2, 0.25) is 0 Å². The van der Waals surface area contributed by atoms with Crippen LogP contribution in [-0.4, -0.2) is 19.7 Å². The quantitative estimate of drug-likeness (QED) is 0.843. The van der Waals surface area contributed by atoms with Gasteiger partial charge >= 0.3 is 0 Å². The van der Waals surface area contributed by atoms with Gasteiger partial charge in [-0.3, -0.25) is 0 Å². The van der Waals surface area contributed by atoms with Crippen molar-refractivity contribution in [1.29, 1.82) is 0 Å². The number of ether oxygens (including phenoxy) is 1. The molecule has 3 heteroatoms. The number of rotatable bonds is 4. The van der Waals surface area contributed by atoms with Gasteiger partial charge in [-0.15, -0.1) is 0 Å². The predicted molar refractivity (Wildman–Crippen MR) is 72.5 cm³/mol. The van der Waals surface area contributed by atoms with Crippen LogP contribution in [0.15, 0.2) is 12.1 Å². The summed E-state index contributed by atoms with van der Waals surface area (Å²) in [5.41, 5.74) is 9.45. The molecule has 1 aromatic carbocycles. The number of nitrogens with one attached hydrogen (secondary N) is 1. The lowest BCUT2D eigenvalue weighted by atomic mass is 9.86. The van der Waals surface area contributed by atoms with Gasteiger partial charge in [0.25, 0.3) is 0 Å². The second-order valence-electron chi connectivity index (χ2n) is 5.24. The van der Waals surface area contributed by atoms with Crippen molar-refractivity contribution in [3.8, 4) is 5.75 Å². The fraction of sp³-hybridized carbons (Fsp3) is 0.571. The average Bonchev–Trinajstić information content (AvgIpc) is 2.19. The SMILES string of the molecule is CNC(c1c(C)cc(C)cc1OC)C(C)(C)N. The molecule has 1 rings (SSSR count). The van der Waals surface area contributed by atoms with Crippen molar-refractivity contribution in [3.05, 3.63) is 28.8 Å². The summed E-state index contributed by atoms with van der Waals surface area (Å²) in [6.45, 7) is 8.21. The third kappa shape index (κ3) is 2.99. The van der Waals surface area contributed by atoms with E-state index in [1.807, 2.05) is 20.9 Å². The van der Waals surface area contributed by atoms with Gasteiger partial charge in [-0.25, -0.2) is 0 Å². The van der Waals surface area contributed by atoms with Gasteiger partial charge in [0.05, 0.1) is 13.2 Å². The van der Waals surface area contributed by atoms with E-state index in [1.165, 1.54) is 11.1 Å². The monoisotopic (exact) mass is 236 g/mol. The molecule has 0 radical (unpaired) electrons. The Balaban J connectivity index is 3.37. The van der Waals surface area contributed by atoms with Gasteiger partial charge in [0, 0.05) is 11.1 Å². The Morgan fingerprint density at radius 1 is 1.29 bits per heavy atom. The van der Waals surface area contributed by atoms with Crippen LogP contribution in [0.4, 0.5) is 0 Å². The topological polar surface area (TPSA) is 47.3 Å². The lowest BCUT2D eigenvalue weighted by Gasteiger charge is -2.33. The van der Waals surface area contributed by atoms with Gasteiger partial charge in [-0.05, 0) is 51.9 Å². The minimum absolute atomic E-state index is 0.0676. The van der Waals surface area contributed by atoms with Crippen LogP contribution in [-0.2, 0) is 0 Å². The first-order chi connectivity index (χ1) is 7.81. The van der Waals surface area contributed by atoms with Crippen LogP contribution in [0.5, 0.6) is 5.75 Å².